The molecule has 0 aromatic carbocycles. The van der Waals surface area contributed by atoms with Crippen LogP contribution in [0.2, 0.25) is 0 Å². The molecule has 0 aliphatic carbocycles. The standard InChI is InChI=1S/C14H24N2O3.Na.H/c1-2-3-4-5-6-7-13-15-8-9-16(13,10-11-17)12-14(18)19;;/h8-9,17H,2-7,10-12H2,1H3;;/q;+1;-1/p+1. The number of carbonyl (C=O) groups is 1. The Morgan fingerprint density at radius 2 is 2.05 bits per heavy atom. The van der Waals surface area contributed by atoms with Gasteiger partial charge in [0.15, 0.2) is 6.54 Å². The van der Waals surface area contributed by atoms with Crippen LogP contribution < -0.4 is 29.6 Å². The quantitative estimate of drug-likeness (QED) is 0.316. The summed E-state index contributed by atoms with van der Waals surface area (Å²) < 4.78 is 0.180. The Labute approximate surface area is 144 Å². The second-order valence-corrected chi connectivity index (χ2v) is 5.04. The van der Waals surface area contributed by atoms with Gasteiger partial charge >= 0.3 is 35.5 Å². The maximum atomic E-state index is 11.0. The Bertz CT molecular complexity index is 364. The van der Waals surface area contributed by atoms with Crippen molar-refractivity contribution in [1.29, 1.82) is 0 Å². The molecule has 0 radical (unpaired) electrons. The third-order valence-corrected chi connectivity index (χ3v) is 3.51. The molecule has 0 fully saturated rings. The molecule has 0 amide bonds. The van der Waals surface area contributed by atoms with E-state index in [9.17, 15) is 4.79 Å². The number of unbranched alkanes of at least 4 members (excludes halogenated alkanes) is 4. The molecule has 20 heavy (non-hydrogen) atoms. The molecule has 1 aliphatic heterocycles. The summed E-state index contributed by atoms with van der Waals surface area (Å²) in [5, 5.41) is 18.2. The van der Waals surface area contributed by atoms with Gasteiger partial charge in [0.2, 0.25) is 5.84 Å². The number of aliphatic hydroxyl groups excluding tert-OH is 1. The number of aliphatic hydroxyl groups is 1. The molecule has 6 heteroatoms. The van der Waals surface area contributed by atoms with Crippen LogP contribution in [0.5, 0.6) is 0 Å². The summed E-state index contributed by atoms with van der Waals surface area (Å²) in [6, 6.07) is 0. The maximum Gasteiger partial charge on any atom is 1.00 e. The zero-order valence-electron chi connectivity index (χ0n) is 13.7. The minimum Gasteiger partial charge on any atom is -1.00 e. The molecule has 2 N–H and O–H groups in total. The normalized spacial score (nSPS) is 20.6. The largest absolute Gasteiger partial charge is 1.00 e. The topological polar surface area (TPSA) is 69.9 Å². The molecule has 0 saturated carbocycles. The van der Waals surface area contributed by atoms with Crippen LogP contribution in [0.25, 0.3) is 0 Å². The minimum atomic E-state index is -0.862. The summed E-state index contributed by atoms with van der Waals surface area (Å²) in [6.07, 6.45) is 10.1. The third kappa shape index (κ3) is 6.06. The van der Waals surface area contributed by atoms with Gasteiger partial charge in [-0.2, -0.15) is 0 Å². The Morgan fingerprint density at radius 3 is 2.65 bits per heavy atom. The van der Waals surface area contributed by atoms with Crippen molar-refractivity contribution in [2.24, 2.45) is 4.99 Å². The number of amidine groups is 1. The average Bonchev–Trinajstić information content (AvgIpc) is 2.71. The van der Waals surface area contributed by atoms with E-state index in [1.165, 1.54) is 19.3 Å². The van der Waals surface area contributed by atoms with E-state index in [4.69, 9.17) is 10.2 Å². The molecule has 110 valence electrons. The van der Waals surface area contributed by atoms with E-state index in [1.807, 2.05) is 0 Å². The number of hydrogen-bond acceptors (Lipinski definition) is 3. The number of aliphatic carboxylic acids is 1. The fraction of sp³-hybridized carbons (Fsp3) is 0.714. The number of carboxylic acid groups (broad SMARTS) is 1. The number of rotatable bonds is 10. The van der Waals surface area contributed by atoms with Gasteiger partial charge in [-0.05, 0) is 6.42 Å². The van der Waals surface area contributed by atoms with Gasteiger partial charge in [0.1, 0.15) is 12.7 Å². The zero-order chi connectivity index (χ0) is 14.1. The van der Waals surface area contributed by atoms with E-state index in [2.05, 4.69) is 11.9 Å². The van der Waals surface area contributed by atoms with Gasteiger partial charge in [0.25, 0.3) is 0 Å². The summed E-state index contributed by atoms with van der Waals surface area (Å²) in [7, 11) is 0. The van der Waals surface area contributed by atoms with Gasteiger partial charge in [-0.25, -0.2) is 14.3 Å². The SMILES string of the molecule is CCCCCCCC1=NC=C[N+]1(CCO)CC(=O)O.[H-].[Na+]. The fourth-order valence-corrected chi connectivity index (χ4v) is 2.47. The first-order valence-electron chi connectivity index (χ1n) is 7.09. The second kappa shape index (κ2) is 10.5. The molecule has 1 atom stereocenters. The Kier molecular flexibility index (Phi) is 10.4. The van der Waals surface area contributed by atoms with Crippen LogP contribution in [0.15, 0.2) is 17.4 Å². The Morgan fingerprint density at radius 1 is 1.35 bits per heavy atom. The third-order valence-electron chi connectivity index (χ3n) is 3.51. The summed E-state index contributed by atoms with van der Waals surface area (Å²) >= 11 is 0. The van der Waals surface area contributed by atoms with Gasteiger partial charge in [-0.3, -0.25) is 0 Å². The van der Waals surface area contributed by atoms with Crippen molar-refractivity contribution in [3.8, 4) is 0 Å². The predicted molar refractivity (Wildman–Crippen MR) is 75.8 cm³/mol. The Balaban J connectivity index is 0. The van der Waals surface area contributed by atoms with Crippen molar-refractivity contribution < 1.29 is 50.5 Å². The van der Waals surface area contributed by atoms with Crippen molar-refractivity contribution in [2.75, 3.05) is 19.7 Å². The molecule has 1 rings (SSSR count). The van der Waals surface area contributed by atoms with Gasteiger partial charge < -0.3 is 11.6 Å². The monoisotopic (exact) mass is 293 g/mol. The van der Waals surface area contributed by atoms with Crippen LogP contribution in [0.3, 0.4) is 0 Å². The second-order valence-electron chi connectivity index (χ2n) is 5.04. The van der Waals surface area contributed by atoms with Crippen molar-refractivity contribution in [3.05, 3.63) is 12.4 Å². The van der Waals surface area contributed by atoms with Gasteiger partial charge in [-0.15, -0.1) is 0 Å². The van der Waals surface area contributed by atoms with E-state index in [1.54, 1.807) is 12.4 Å². The fourth-order valence-electron chi connectivity index (χ4n) is 2.47. The minimum absolute atomic E-state index is 0. The molecule has 0 spiro atoms. The zero-order valence-corrected chi connectivity index (χ0v) is 14.7. The van der Waals surface area contributed by atoms with Crippen LogP contribution in [0, 0.1) is 0 Å². The molecule has 1 aliphatic rings. The van der Waals surface area contributed by atoms with Crippen LogP contribution in [0.4, 0.5) is 0 Å². The van der Waals surface area contributed by atoms with Crippen LogP contribution >= 0.6 is 0 Å². The molecule has 1 heterocycles. The number of nitrogens with zero attached hydrogens (tertiary/aromatic N) is 2. The number of carboxylic acids is 1. The first-order valence-corrected chi connectivity index (χ1v) is 7.09. The van der Waals surface area contributed by atoms with E-state index < -0.39 is 5.97 Å². The number of aliphatic imine (C=N–C) groups is 1. The van der Waals surface area contributed by atoms with Gasteiger partial charge in [-0.1, -0.05) is 32.6 Å². The van der Waals surface area contributed by atoms with E-state index in [0.717, 1.165) is 25.1 Å². The Hall–Kier alpha value is -0.200. The molecule has 0 aromatic heterocycles. The van der Waals surface area contributed by atoms with Crippen molar-refractivity contribution in [3.63, 3.8) is 0 Å². The summed E-state index contributed by atoms with van der Waals surface area (Å²) in [5.41, 5.74) is 0. The smallest absolute Gasteiger partial charge is 1.00 e. The summed E-state index contributed by atoms with van der Waals surface area (Å²) in [6.45, 7) is 2.49. The molecule has 0 saturated heterocycles. The maximum absolute atomic E-state index is 11.0. The van der Waals surface area contributed by atoms with Crippen molar-refractivity contribution >= 4 is 11.8 Å². The summed E-state index contributed by atoms with van der Waals surface area (Å²) in [5.74, 6) is 0.00614. The van der Waals surface area contributed by atoms with Crippen molar-refractivity contribution in [2.45, 2.75) is 45.4 Å². The van der Waals surface area contributed by atoms with Gasteiger partial charge in [0.05, 0.1) is 12.8 Å². The molecule has 5 nitrogen and oxygen atoms in total. The predicted octanol–water partition coefficient (Wildman–Crippen LogP) is -0.760. The molecule has 1 unspecified atom stereocenters. The number of quaternary nitrogens is 1. The van der Waals surface area contributed by atoms with Crippen LogP contribution in [0.1, 0.15) is 46.9 Å². The van der Waals surface area contributed by atoms with E-state index >= 15 is 0 Å². The summed E-state index contributed by atoms with van der Waals surface area (Å²) in [4.78, 5) is 15.3. The first-order chi connectivity index (χ1) is 9.14. The van der Waals surface area contributed by atoms with Gasteiger partial charge in [0, 0.05) is 6.42 Å². The van der Waals surface area contributed by atoms with Crippen LogP contribution in [-0.2, 0) is 4.79 Å². The van der Waals surface area contributed by atoms with Crippen LogP contribution in [-0.4, -0.2) is 46.2 Å². The van der Waals surface area contributed by atoms with Crippen molar-refractivity contribution in [1.82, 2.24) is 0 Å². The molecule has 0 aromatic rings. The number of hydrogen-bond donors (Lipinski definition) is 2. The van der Waals surface area contributed by atoms with E-state index in [-0.39, 0.29) is 48.6 Å². The molecular formula is C14H26N2NaO3+. The van der Waals surface area contributed by atoms with E-state index in [0.29, 0.717) is 6.54 Å². The molecular weight excluding hydrogens is 267 g/mol. The molecule has 0 bridgehead atoms. The average molecular weight is 293 g/mol. The first kappa shape index (κ1) is 19.8.